The summed E-state index contributed by atoms with van der Waals surface area (Å²) in [6, 6.07) is 8.02. The van der Waals surface area contributed by atoms with Gasteiger partial charge in [-0.15, -0.1) is 11.8 Å². The Kier molecular flexibility index (Phi) is 3.74. The van der Waals surface area contributed by atoms with Crippen LogP contribution in [0.4, 0.5) is 5.69 Å². The summed E-state index contributed by atoms with van der Waals surface area (Å²) in [5.41, 5.74) is 6.84. The Morgan fingerprint density at radius 3 is 2.71 bits per heavy atom. The lowest BCUT2D eigenvalue weighted by atomic mass is 10.3. The standard InChI is InChI=1S/C13H18N2OS/c1-9(2)17-12-6-4-3-5-11(12)15-8-10(14)7-13(15)16/h3-6,9-10H,7-8,14H2,1-2H3. The van der Waals surface area contributed by atoms with Gasteiger partial charge in [0.15, 0.2) is 0 Å². The molecule has 1 atom stereocenters. The van der Waals surface area contributed by atoms with Crippen molar-refractivity contribution in [1.82, 2.24) is 0 Å². The fourth-order valence-corrected chi connectivity index (χ4v) is 2.97. The van der Waals surface area contributed by atoms with E-state index in [1.165, 1.54) is 0 Å². The lowest BCUT2D eigenvalue weighted by molar-refractivity contribution is -0.117. The molecule has 1 aliphatic rings. The molecule has 92 valence electrons. The molecule has 1 heterocycles. The second-order valence-electron chi connectivity index (χ2n) is 4.60. The molecule has 0 aromatic heterocycles. The monoisotopic (exact) mass is 250 g/mol. The number of amides is 1. The van der Waals surface area contributed by atoms with Crippen molar-refractivity contribution in [2.24, 2.45) is 5.73 Å². The van der Waals surface area contributed by atoms with E-state index in [4.69, 9.17) is 5.73 Å². The first kappa shape index (κ1) is 12.5. The average Bonchev–Trinajstić information content (AvgIpc) is 2.58. The van der Waals surface area contributed by atoms with E-state index < -0.39 is 0 Å². The van der Waals surface area contributed by atoms with Crippen LogP contribution in [0.1, 0.15) is 20.3 Å². The Labute approximate surface area is 106 Å². The summed E-state index contributed by atoms with van der Waals surface area (Å²) in [6.07, 6.45) is 0.459. The minimum absolute atomic E-state index is 0.0281. The minimum Gasteiger partial charge on any atom is -0.326 e. The maximum absolute atomic E-state index is 11.9. The highest BCUT2D eigenvalue weighted by Crippen LogP contribution is 2.34. The van der Waals surface area contributed by atoms with Crippen LogP contribution in [-0.2, 0) is 4.79 Å². The Balaban J connectivity index is 2.28. The smallest absolute Gasteiger partial charge is 0.228 e. The topological polar surface area (TPSA) is 46.3 Å². The second-order valence-corrected chi connectivity index (χ2v) is 6.22. The Hall–Kier alpha value is -1.00. The Bertz CT molecular complexity index is 420. The van der Waals surface area contributed by atoms with Gasteiger partial charge in [0, 0.05) is 29.2 Å². The van der Waals surface area contributed by atoms with Crippen LogP contribution in [0, 0.1) is 0 Å². The normalized spacial score (nSPS) is 20.4. The fourth-order valence-electron chi connectivity index (χ4n) is 2.00. The van der Waals surface area contributed by atoms with Crippen molar-refractivity contribution in [2.75, 3.05) is 11.4 Å². The first-order valence-electron chi connectivity index (χ1n) is 5.89. The predicted octanol–water partition coefficient (Wildman–Crippen LogP) is 2.25. The molecule has 0 bridgehead atoms. The van der Waals surface area contributed by atoms with Crippen LogP contribution < -0.4 is 10.6 Å². The molecule has 1 amide bonds. The van der Waals surface area contributed by atoms with Crippen LogP contribution in [0.2, 0.25) is 0 Å². The summed E-state index contributed by atoms with van der Waals surface area (Å²) in [4.78, 5) is 14.8. The number of thioether (sulfide) groups is 1. The van der Waals surface area contributed by atoms with Crippen LogP contribution in [0.5, 0.6) is 0 Å². The first-order chi connectivity index (χ1) is 8.08. The van der Waals surface area contributed by atoms with E-state index in [1.807, 2.05) is 23.1 Å². The zero-order valence-corrected chi connectivity index (χ0v) is 11.0. The predicted molar refractivity (Wildman–Crippen MR) is 72.4 cm³/mol. The van der Waals surface area contributed by atoms with Gasteiger partial charge in [0.05, 0.1) is 5.69 Å². The van der Waals surface area contributed by atoms with Crippen molar-refractivity contribution < 1.29 is 4.79 Å². The van der Waals surface area contributed by atoms with Gasteiger partial charge in [0.2, 0.25) is 5.91 Å². The van der Waals surface area contributed by atoms with Gasteiger partial charge in [-0.3, -0.25) is 4.79 Å². The van der Waals surface area contributed by atoms with Crippen LogP contribution >= 0.6 is 11.8 Å². The molecule has 0 spiro atoms. The average molecular weight is 250 g/mol. The number of nitrogens with two attached hydrogens (primary N) is 1. The van der Waals surface area contributed by atoms with Gasteiger partial charge in [0.25, 0.3) is 0 Å². The third-order valence-electron chi connectivity index (χ3n) is 2.67. The van der Waals surface area contributed by atoms with E-state index in [-0.39, 0.29) is 11.9 Å². The molecule has 17 heavy (non-hydrogen) atoms. The van der Waals surface area contributed by atoms with Crippen molar-refractivity contribution in [3.63, 3.8) is 0 Å². The van der Waals surface area contributed by atoms with E-state index in [2.05, 4.69) is 19.9 Å². The molecule has 0 aliphatic carbocycles. The fraction of sp³-hybridized carbons (Fsp3) is 0.462. The summed E-state index contributed by atoms with van der Waals surface area (Å²) in [6.45, 7) is 4.94. The van der Waals surface area contributed by atoms with Gasteiger partial charge < -0.3 is 10.6 Å². The van der Waals surface area contributed by atoms with Crippen molar-refractivity contribution in [3.05, 3.63) is 24.3 Å². The highest BCUT2D eigenvalue weighted by Gasteiger charge is 2.29. The van der Waals surface area contributed by atoms with Crippen molar-refractivity contribution >= 4 is 23.4 Å². The zero-order valence-electron chi connectivity index (χ0n) is 10.2. The summed E-state index contributed by atoms with van der Waals surface area (Å²) in [5.74, 6) is 0.134. The number of rotatable bonds is 3. The molecular weight excluding hydrogens is 232 g/mol. The molecule has 0 radical (unpaired) electrons. The molecule has 3 nitrogen and oxygen atoms in total. The lowest BCUT2D eigenvalue weighted by Gasteiger charge is -2.20. The number of para-hydroxylation sites is 1. The maximum Gasteiger partial charge on any atom is 0.228 e. The summed E-state index contributed by atoms with van der Waals surface area (Å²) >= 11 is 1.78. The van der Waals surface area contributed by atoms with Crippen LogP contribution in [0.25, 0.3) is 0 Å². The molecule has 4 heteroatoms. The van der Waals surface area contributed by atoms with E-state index >= 15 is 0 Å². The number of carbonyl (C=O) groups is 1. The minimum atomic E-state index is -0.0281. The third-order valence-corrected chi connectivity index (χ3v) is 3.74. The Morgan fingerprint density at radius 2 is 2.12 bits per heavy atom. The quantitative estimate of drug-likeness (QED) is 0.837. The number of carbonyl (C=O) groups excluding carboxylic acids is 1. The molecule has 1 unspecified atom stereocenters. The third kappa shape index (κ3) is 2.82. The molecule has 0 saturated carbocycles. The van der Waals surface area contributed by atoms with Gasteiger partial charge in [-0.1, -0.05) is 26.0 Å². The second kappa shape index (κ2) is 5.10. The molecule has 1 aromatic rings. The number of hydrogen-bond donors (Lipinski definition) is 1. The van der Waals surface area contributed by atoms with E-state index in [0.29, 0.717) is 18.2 Å². The highest BCUT2D eigenvalue weighted by atomic mass is 32.2. The Morgan fingerprint density at radius 1 is 1.41 bits per heavy atom. The van der Waals surface area contributed by atoms with E-state index in [0.717, 1.165) is 10.6 Å². The van der Waals surface area contributed by atoms with Crippen molar-refractivity contribution in [1.29, 1.82) is 0 Å². The van der Waals surface area contributed by atoms with Crippen LogP contribution in [0.15, 0.2) is 29.2 Å². The lowest BCUT2D eigenvalue weighted by Crippen LogP contribution is -2.28. The number of hydrogen-bond acceptors (Lipinski definition) is 3. The van der Waals surface area contributed by atoms with Gasteiger partial charge in [-0.05, 0) is 12.1 Å². The molecule has 2 N–H and O–H groups in total. The van der Waals surface area contributed by atoms with Gasteiger partial charge in [0.1, 0.15) is 0 Å². The first-order valence-corrected chi connectivity index (χ1v) is 6.77. The SMILES string of the molecule is CC(C)Sc1ccccc1N1CC(N)CC1=O. The number of anilines is 1. The van der Waals surface area contributed by atoms with Crippen molar-refractivity contribution in [2.45, 2.75) is 36.5 Å². The number of benzene rings is 1. The maximum atomic E-state index is 11.9. The number of nitrogens with zero attached hydrogens (tertiary/aromatic N) is 1. The molecule has 1 fully saturated rings. The zero-order chi connectivity index (χ0) is 12.4. The van der Waals surface area contributed by atoms with Gasteiger partial charge in [-0.2, -0.15) is 0 Å². The van der Waals surface area contributed by atoms with Gasteiger partial charge in [-0.25, -0.2) is 0 Å². The van der Waals surface area contributed by atoms with Gasteiger partial charge >= 0.3 is 0 Å². The summed E-state index contributed by atoms with van der Waals surface area (Å²) in [5, 5.41) is 0.502. The van der Waals surface area contributed by atoms with E-state index in [1.54, 1.807) is 11.8 Å². The van der Waals surface area contributed by atoms with E-state index in [9.17, 15) is 4.79 Å². The summed E-state index contributed by atoms with van der Waals surface area (Å²) in [7, 11) is 0. The molecular formula is C13H18N2OS. The molecule has 1 aromatic carbocycles. The largest absolute Gasteiger partial charge is 0.326 e. The molecule has 2 rings (SSSR count). The van der Waals surface area contributed by atoms with Crippen LogP contribution in [-0.4, -0.2) is 23.7 Å². The molecule has 1 saturated heterocycles. The molecule has 1 aliphatic heterocycles. The van der Waals surface area contributed by atoms with Crippen molar-refractivity contribution in [3.8, 4) is 0 Å². The summed E-state index contributed by atoms with van der Waals surface area (Å²) < 4.78 is 0. The highest BCUT2D eigenvalue weighted by molar-refractivity contribution is 8.00. The van der Waals surface area contributed by atoms with Crippen LogP contribution in [0.3, 0.4) is 0 Å².